The molecule has 1 heterocycles. The highest BCUT2D eigenvalue weighted by atomic mass is 35.5. The van der Waals surface area contributed by atoms with E-state index >= 15 is 0 Å². The molecule has 3 aromatic carbocycles. The second-order valence-corrected chi connectivity index (χ2v) is 7.82. The zero-order valence-electron chi connectivity index (χ0n) is 13.5. The van der Waals surface area contributed by atoms with Crippen LogP contribution in [0.4, 0.5) is 5.69 Å². The molecule has 26 heavy (non-hydrogen) atoms. The van der Waals surface area contributed by atoms with Crippen LogP contribution in [0.1, 0.15) is 0 Å². The highest BCUT2D eigenvalue weighted by Gasteiger charge is 2.15. The largest absolute Gasteiger partial charge is 0.280 e. The van der Waals surface area contributed by atoms with Crippen LogP contribution in [0.2, 0.25) is 5.02 Å². The van der Waals surface area contributed by atoms with Gasteiger partial charge in [-0.15, -0.1) is 0 Å². The van der Waals surface area contributed by atoms with E-state index in [0.29, 0.717) is 16.2 Å². The predicted molar refractivity (Wildman–Crippen MR) is 104 cm³/mol. The zero-order valence-corrected chi connectivity index (χ0v) is 15.1. The molecule has 1 aromatic heterocycles. The number of halogens is 1. The van der Waals surface area contributed by atoms with Gasteiger partial charge < -0.3 is 0 Å². The van der Waals surface area contributed by atoms with Gasteiger partial charge in [-0.25, -0.2) is 8.42 Å². The summed E-state index contributed by atoms with van der Waals surface area (Å²) in [5.74, 6) is 0. The summed E-state index contributed by atoms with van der Waals surface area (Å²) in [6.45, 7) is 0. The fourth-order valence-corrected chi connectivity index (χ4v) is 4.05. The Kier molecular flexibility index (Phi) is 4.14. The van der Waals surface area contributed by atoms with Crippen LogP contribution in [0.3, 0.4) is 0 Å². The van der Waals surface area contributed by atoms with Gasteiger partial charge >= 0.3 is 0 Å². The fourth-order valence-electron chi connectivity index (χ4n) is 2.76. The molecule has 0 unspecified atom stereocenters. The van der Waals surface area contributed by atoms with Gasteiger partial charge in [0, 0.05) is 10.9 Å². The van der Waals surface area contributed by atoms with Crippen LogP contribution in [0.25, 0.3) is 22.2 Å². The van der Waals surface area contributed by atoms with Crippen LogP contribution < -0.4 is 4.72 Å². The Morgan fingerprint density at radius 2 is 1.65 bits per heavy atom. The number of fused-ring (bicyclic) bond motifs is 1. The molecule has 0 spiro atoms. The van der Waals surface area contributed by atoms with E-state index in [1.54, 1.807) is 48.5 Å². The number of benzene rings is 3. The van der Waals surface area contributed by atoms with Gasteiger partial charge in [0.05, 0.1) is 21.1 Å². The van der Waals surface area contributed by atoms with Gasteiger partial charge in [-0.1, -0.05) is 48.0 Å². The Bertz CT molecular complexity index is 1190. The Morgan fingerprint density at radius 1 is 0.923 bits per heavy atom. The highest BCUT2D eigenvalue weighted by molar-refractivity contribution is 7.92. The first kappa shape index (κ1) is 16.6. The predicted octanol–water partition coefficient (Wildman–Crippen LogP) is 4.68. The number of aromatic nitrogens is 2. The quantitative estimate of drug-likeness (QED) is 0.537. The number of anilines is 1. The minimum absolute atomic E-state index is 0.210. The topological polar surface area (TPSA) is 74.8 Å². The third-order valence-corrected chi connectivity index (χ3v) is 5.72. The number of nitrogens with one attached hydrogen (secondary N) is 2. The van der Waals surface area contributed by atoms with Crippen LogP contribution in [-0.2, 0) is 10.0 Å². The number of hydrogen-bond acceptors (Lipinski definition) is 3. The van der Waals surface area contributed by atoms with Gasteiger partial charge in [0.2, 0.25) is 0 Å². The van der Waals surface area contributed by atoms with Crippen LogP contribution in [0.5, 0.6) is 0 Å². The van der Waals surface area contributed by atoms with Crippen molar-refractivity contribution < 1.29 is 8.42 Å². The average molecular weight is 384 g/mol. The van der Waals surface area contributed by atoms with E-state index < -0.39 is 10.0 Å². The standard InChI is InChI=1S/C19H14ClN3O2S/c20-17-9-5-4-8-15(17)19-16-11-10-13(12-18(16)21-22-19)23-26(24,25)14-6-2-1-3-7-14/h1-12,23H,(H,21,22). The number of H-pyrrole nitrogens is 1. The zero-order chi connectivity index (χ0) is 18.1. The molecule has 0 saturated heterocycles. The summed E-state index contributed by atoms with van der Waals surface area (Å²) in [5, 5.41) is 8.74. The van der Waals surface area contributed by atoms with Crippen molar-refractivity contribution in [3.8, 4) is 11.3 Å². The van der Waals surface area contributed by atoms with E-state index in [9.17, 15) is 8.42 Å². The first-order valence-electron chi connectivity index (χ1n) is 7.85. The van der Waals surface area contributed by atoms with Crippen LogP contribution in [0.15, 0.2) is 77.7 Å². The molecule has 0 fully saturated rings. The van der Waals surface area contributed by atoms with E-state index in [2.05, 4.69) is 14.9 Å². The van der Waals surface area contributed by atoms with E-state index in [-0.39, 0.29) is 4.90 Å². The number of hydrogen-bond donors (Lipinski definition) is 2. The van der Waals surface area contributed by atoms with E-state index in [0.717, 1.165) is 16.6 Å². The number of rotatable bonds is 4. The molecule has 0 radical (unpaired) electrons. The SMILES string of the molecule is O=S(=O)(Nc1ccc2c(-c3ccccc3Cl)n[nH]c2c1)c1ccccc1. The van der Waals surface area contributed by atoms with Crippen molar-refractivity contribution in [2.45, 2.75) is 4.90 Å². The summed E-state index contributed by atoms with van der Waals surface area (Å²) in [7, 11) is -3.64. The van der Waals surface area contributed by atoms with Gasteiger partial charge in [-0.05, 0) is 36.4 Å². The first-order chi connectivity index (χ1) is 12.5. The van der Waals surface area contributed by atoms with Gasteiger partial charge in [-0.3, -0.25) is 9.82 Å². The number of sulfonamides is 1. The third-order valence-electron chi connectivity index (χ3n) is 4.00. The Morgan fingerprint density at radius 3 is 2.42 bits per heavy atom. The van der Waals surface area contributed by atoms with E-state index in [1.807, 2.05) is 24.3 Å². The third kappa shape index (κ3) is 3.05. The molecule has 4 aromatic rings. The van der Waals surface area contributed by atoms with Crippen molar-refractivity contribution >= 4 is 38.2 Å². The summed E-state index contributed by atoms with van der Waals surface area (Å²) < 4.78 is 27.5. The van der Waals surface area contributed by atoms with Crippen LogP contribution >= 0.6 is 11.6 Å². The molecule has 5 nitrogen and oxygen atoms in total. The molecule has 0 amide bonds. The molecular formula is C19H14ClN3O2S. The minimum atomic E-state index is -3.64. The second-order valence-electron chi connectivity index (χ2n) is 5.73. The molecule has 0 aliphatic carbocycles. The maximum Gasteiger partial charge on any atom is 0.261 e. The Hall–Kier alpha value is -2.83. The van der Waals surface area contributed by atoms with Crippen LogP contribution in [0, 0.1) is 0 Å². The molecule has 0 saturated carbocycles. The van der Waals surface area contributed by atoms with Crippen molar-refractivity contribution in [1.29, 1.82) is 0 Å². The highest BCUT2D eigenvalue weighted by Crippen LogP contribution is 2.32. The maximum absolute atomic E-state index is 12.5. The normalized spacial score (nSPS) is 11.6. The van der Waals surface area contributed by atoms with Gasteiger partial charge in [0.15, 0.2) is 0 Å². The summed E-state index contributed by atoms with van der Waals surface area (Å²) in [5.41, 5.74) is 2.71. The number of aromatic amines is 1. The average Bonchev–Trinajstić information content (AvgIpc) is 3.05. The molecule has 2 N–H and O–H groups in total. The van der Waals surface area contributed by atoms with Crippen molar-refractivity contribution in [2.24, 2.45) is 0 Å². The van der Waals surface area contributed by atoms with Gasteiger partial charge in [0.25, 0.3) is 10.0 Å². The van der Waals surface area contributed by atoms with Crippen molar-refractivity contribution in [1.82, 2.24) is 10.2 Å². The lowest BCUT2D eigenvalue weighted by Crippen LogP contribution is -2.12. The molecule has 0 atom stereocenters. The summed E-state index contributed by atoms with van der Waals surface area (Å²) >= 11 is 6.26. The monoisotopic (exact) mass is 383 g/mol. The first-order valence-corrected chi connectivity index (χ1v) is 9.71. The minimum Gasteiger partial charge on any atom is -0.280 e. The number of nitrogens with zero attached hydrogens (tertiary/aromatic N) is 1. The van der Waals surface area contributed by atoms with Crippen LogP contribution in [-0.4, -0.2) is 18.6 Å². The molecule has 0 aliphatic heterocycles. The lowest BCUT2D eigenvalue weighted by atomic mass is 10.1. The van der Waals surface area contributed by atoms with Crippen molar-refractivity contribution in [3.05, 3.63) is 77.8 Å². The van der Waals surface area contributed by atoms with Crippen molar-refractivity contribution in [3.63, 3.8) is 0 Å². The fraction of sp³-hybridized carbons (Fsp3) is 0. The van der Waals surface area contributed by atoms with Crippen molar-refractivity contribution in [2.75, 3.05) is 4.72 Å². The van der Waals surface area contributed by atoms with E-state index in [4.69, 9.17) is 11.6 Å². The maximum atomic E-state index is 12.5. The second kappa shape index (κ2) is 6.48. The lowest BCUT2D eigenvalue weighted by Gasteiger charge is -2.08. The summed E-state index contributed by atoms with van der Waals surface area (Å²) in [6, 6.07) is 20.9. The Balaban J connectivity index is 1.71. The van der Waals surface area contributed by atoms with Gasteiger partial charge in [-0.2, -0.15) is 5.10 Å². The molecule has 4 rings (SSSR count). The lowest BCUT2D eigenvalue weighted by molar-refractivity contribution is 0.601. The molecule has 0 aliphatic rings. The smallest absolute Gasteiger partial charge is 0.261 e. The molecular weight excluding hydrogens is 370 g/mol. The van der Waals surface area contributed by atoms with Gasteiger partial charge in [0.1, 0.15) is 5.69 Å². The summed E-state index contributed by atoms with van der Waals surface area (Å²) in [4.78, 5) is 0.210. The molecule has 130 valence electrons. The molecule has 7 heteroatoms. The molecule has 0 bridgehead atoms. The summed E-state index contributed by atoms with van der Waals surface area (Å²) in [6.07, 6.45) is 0. The Labute approximate surface area is 155 Å². The van der Waals surface area contributed by atoms with E-state index in [1.165, 1.54) is 0 Å².